The van der Waals surface area contributed by atoms with E-state index in [0.717, 1.165) is 37.5 Å². The molecule has 4 nitrogen and oxygen atoms in total. The molecule has 1 fully saturated rings. The highest BCUT2D eigenvalue weighted by Crippen LogP contribution is 2.25. The molecule has 0 aliphatic carbocycles. The molecule has 0 spiro atoms. The average molecular weight is 281 g/mol. The lowest BCUT2D eigenvalue weighted by molar-refractivity contribution is -0.130. The van der Waals surface area contributed by atoms with E-state index in [4.69, 9.17) is 5.73 Å². The Morgan fingerprint density at radius 3 is 2.95 bits per heavy atom. The van der Waals surface area contributed by atoms with Crippen molar-refractivity contribution in [1.82, 2.24) is 9.88 Å². The van der Waals surface area contributed by atoms with Crippen molar-refractivity contribution in [2.24, 2.45) is 11.8 Å². The number of hydrogen-bond acceptors (Lipinski definition) is 4. The van der Waals surface area contributed by atoms with Crippen LogP contribution in [0.3, 0.4) is 0 Å². The van der Waals surface area contributed by atoms with Gasteiger partial charge in [0, 0.05) is 18.5 Å². The fraction of sp³-hybridized carbons (Fsp3) is 0.714. The molecule has 2 N–H and O–H groups in total. The quantitative estimate of drug-likeness (QED) is 0.926. The van der Waals surface area contributed by atoms with Crippen LogP contribution in [0.5, 0.6) is 0 Å². The van der Waals surface area contributed by atoms with Crippen LogP contribution in [0.2, 0.25) is 0 Å². The molecule has 0 saturated carbocycles. The summed E-state index contributed by atoms with van der Waals surface area (Å²) in [6, 6.07) is 0. The number of thiazole rings is 1. The number of carbonyl (C=O) groups excluding carboxylic acids is 1. The van der Waals surface area contributed by atoms with E-state index in [-0.39, 0.29) is 5.91 Å². The fourth-order valence-electron chi connectivity index (χ4n) is 2.71. The number of likely N-dealkylation sites (tertiary alicyclic amines) is 1. The number of carbonyl (C=O) groups is 1. The molecule has 1 aromatic rings. The van der Waals surface area contributed by atoms with Gasteiger partial charge in [0.15, 0.2) is 5.13 Å². The van der Waals surface area contributed by atoms with E-state index in [0.29, 0.717) is 17.5 Å². The summed E-state index contributed by atoms with van der Waals surface area (Å²) in [6.45, 7) is 6.34. The summed E-state index contributed by atoms with van der Waals surface area (Å²) < 4.78 is 0. The number of nitrogens with two attached hydrogens (primary N) is 1. The molecule has 2 rings (SSSR count). The molecule has 1 aromatic heterocycles. The first-order valence-electron chi connectivity index (χ1n) is 7.04. The maximum atomic E-state index is 12.3. The minimum absolute atomic E-state index is 0.190. The third-order valence-corrected chi connectivity index (χ3v) is 4.69. The van der Waals surface area contributed by atoms with Crippen molar-refractivity contribution in [2.75, 3.05) is 18.8 Å². The molecule has 1 aliphatic heterocycles. The molecule has 0 bridgehead atoms. The third kappa shape index (κ3) is 3.93. The zero-order valence-electron chi connectivity index (χ0n) is 11.8. The van der Waals surface area contributed by atoms with Crippen LogP contribution in [0.15, 0.2) is 5.38 Å². The fourth-order valence-corrected chi connectivity index (χ4v) is 3.27. The lowest BCUT2D eigenvalue weighted by Crippen LogP contribution is -2.33. The van der Waals surface area contributed by atoms with Gasteiger partial charge in [-0.15, -0.1) is 11.3 Å². The predicted octanol–water partition coefficient (Wildman–Crippen LogP) is 2.55. The maximum Gasteiger partial charge on any atom is 0.228 e. The lowest BCUT2D eigenvalue weighted by Gasteiger charge is -2.21. The van der Waals surface area contributed by atoms with Gasteiger partial charge in [-0.25, -0.2) is 4.98 Å². The summed E-state index contributed by atoms with van der Waals surface area (Å²) in [5, 5.41) is 2.42. The van der Waals surface area contributed by atoms with Crippen LogP contribution in [0.25, 0.3) is 0 Å². The molecule has 1 amide bonds. The Morgan fingerprint density at radius 2 is 2.32 bits per heavy atom. The van der Waals surface area contributed by atoms with Crippen LogP contribution in [-0.4, -0.2) is 28.9 Å². The Labute approximate surface area is 119 Å². The van der Waals surface area contributed by atoms with E-state index >= 15 is 0 Å². The average Bonchev–Trinajstić information content (AvgIpc) is 2.65. The largest absolute Gasteiger partial charge is 0.375 e. The van der Waals surface area contributed by atoms with E-state index < -0.39 is 0 Å². The zero-order chi connectivity index (χ0) is 13.8. The molecule has 2 heterocycles. The number of nitrogens with zero attached hydrogens (tertiary/aromatic N) is 2. The van der Waals surface area contributed by atoms with Gasteiger partial charge < -0.3 is 10.6 Å². The van der Waals surface area contributed by atoms with E-state index in [1.54, 1.807) is 0 Å². The highest BCUT2D eigenvalue weighted by atomic mass is 32.1. The van der Waals surface area contributed by atoms with Crippen molar-refractivity contribution in [3.8, 4) is 0 Å². The van der Waals surface area contributed by atoms with Gasteiger partial charge in [0.2, 0.25) is 5.91 Å². The first kappa shape index (κ1) is 14.3. The molecule has 0 aromatic carbocycles. The van der Waals surface area contributed by atoms with Crippen molar-refractivity contribution in [2.45, 2.75) is 39.5 Å². The monoisotopic (exact) mass is 281 g/mol. The second kappa shape index (κ2) is 6.37. The van der Waals surface area contributed by atoms with Gasteiger partial charge in [0.1, 0.15) is 0 Å². The van der Waals surface area contributed by atoms with Gasteiger partial charge in [-0.1, -0.05) is 13.8 Å². The van der Waals surface area contributed by atoms with Crippen LogP contribution in [-0.2, 0) is 11.2 Å². The molecular weight excluding hydrogens is 258 g/mol. The van der Waals surface area contributed by atoms with Gasteiger partial charge in [0.25, 0.3) is 0 Å². The summed E-state index contributed by atoms with van der Waals surface area (Å²) in [5.74, 6) is 1.66. The molecule has 1 atom stereocenters. The van der Waals surface area contributed by atoms with E-state index in [1.165, 1.54) is 17.8 Å². The number of nitrogen functional groups attached to an aromatic ring is 1. The van der Waals surface area contributed by atoms with Gasteiger partial charge in [0.05, 0.1) is 12.1 Å². The van der Waals surface area contributed by atoms with Crippen molar-refractivity contribution < 1.29 is 4.79 Å². The van der Waals surface area contributed by atoms with Crippen molar-refractivity contribution in [3.63, 3.8) is 0 Å². The SMILES string of the molecule is CC(C)C1CCCN(C(=O)Cc2csc(N)n2)CC1. The van der Waals surface area contributed by atoms with Crippen LogP contribution < -0.4 is 5.73 Å². The van der Waals surface area contributed by atoms with Crippen molar-refractivity contribution in [1.29, 1.82) is 0 Å². The number of amides is 1. The highest BCUT2D eigenvalue weighted by Gasteiger charge is 2.22. The van der Waals surface area contributed by atoms with Gasteiger partial charge in [-0.05, 0) is 31.1 Å². The Morgan fingerprint density at radius 1 is 1.53 bits per heavy atom. The number of aromatic nitrogens is 1. The third-order valence-electron chi connectivity index (χ3n) is 3.97. The Balaban J connectivity index is 1.89. The minimum atomic E-state index is 0.190. The normalized spacial score (nSPS) is 20.6. The molecular formula is C14H23N3OS. The van der Waals surface area contributed by atoms with E-state index in [1.807, 2.05) is 10.3 Å². The van der Waals surface area contributed by atoms with Crippen molar-refractivity contribution in [3.05, 3.63) is 11.1 Å². The van der Waals surface area contributed by atoms with Crippen molar-refractivity contribution >= 4 is 22.4 Å². The molecule has 1 aliphatic rings. The number of anilines is 1. The Hall–Kier alpha value is -1.10. The first-order chi connectivity index (χ1) is 9.06. The standard InChI is InChI=1S/C14H23N3OS/c1-10(2)11-4-3-6-17(7-5-11)13(18)8-12-9-19-14(15)16-12/h9-11H,3-8H2,1-2H3,(H2,15,16). The van der Waals surface area contributed by atoms with Crippen LogP contribution in [0.4, 0.5) is 5.13 Å². The zero-order valence-corrected chi connectivity index (χ0v) is 12.6. The first-order valence-corrected chi connectivity index (χ1v) is 7.92. The highest BCUT2D eigenvalue weighted by molar-refractivity contribution is 7.13. The molecule has 19 heavy (non-hydrogen) atoms. The van der Waals surface area contributed by atoms with Crippen LogP contribution in [0, 0.1) is 11.8 Å². The van der Waals surface area contributed by atoms with Crippen LogP contribution in [0.1, 0.15) is 38.8 Å². The molecule has 1 saturated heterocycles. The predicted molar refractivity (Wildman–Crippen MR) is 79.0 cm³/mol. The minimum Gasteiger partial charge on any atom is -0.375 e. The molecule has 5 heteroatoms. The summed E-state index contributed by atoms with van der Waals surface area (Å²) in [5.41, 5.74) is 6.39. The maximum absolute atomic E-state index is 12.3. The summed E-state index contributed by atoms with van der Waals surface area (Å²) in [6.07, 6.45) is 3.88. The molecule has 1 unspecified atom stereocenters. The number of hydrogen-bond donors (Lipinski definition) is 1. The van der Waals surface area contributed by atoms with Gasteiger partial charge >= 0.3 is 0 Å². The summed E-state index contributed by atoms with van der Waals surface area (Å²) in [7, 11) is 0. The van der Waals surface area contributed by atoms with Crippen LogP contribution >= 0.6 is 11.3 Å². The smallest absolute Gasteiger partial charge is 0.228 e. The number of rotatable bonds is 3. The van der Waals surface area contributed by atoms with Gasteiger partial charge in [-0.2, -0.15) is 0 Å². The molecule has 0 radical (unpaired) electrons. The summed E-state index contributed by atoms with van der Waals surface area (Å²) in [4.78, 5) is 18.4. The Kier molecular flexibility index (Phi) is 4.80. The summed E-state index contributed by atoms with van der Waals surface area (Å²) >= 11 is 1.40. The second-order valence-electron chi connectivity index (χ2n) is 5.67. The van der Waals surface area contributed by atoms with E-state index in [9.17, 15) is 4.79 Å². The van der Waals surface area contributed by atoms with Gasteiger partial charge in [-0.3, -0.25) is 4.79 Å². The van der Waals surface area contributed by atoms with E-state index in [2.05, 4.69) is 18.8 Å². The Bertz CT molecular complexity index is 430. The lowest BCUT2D eigenvalue weighted by atomic mass is 9.89. The second-order valence-corrected chi connectivity index (χ2v) is 6.56. The topological polar surface area (TPSA) is 59.2 Å². The molecule has 106 valence electrons.